The van der Waals surface area contributed by atoms with Crippen LogP contribution in [-0.2, 0) is 0 Å². The van der Waals surface area contributed by atoms with Crippen LogP contribution in [0, 0.1) is 0 Å². The summed E-state index contributed by atoms with van der Waals surface area (Å²) in [7, 11) is 0. The highest BCUT2D eigenvalue weighted by atomic mass is 16.2. The Morgan fingerprint density at radius 3 is 2.83 bits per heavy atom. The number of likely N-dealkylation sites (tertiary alicyclic amines) is 1. The first-order valence-corrected chi connectivity index (χ1v) is 9.63. The van der Waals surface area contributed by atoms with Gasteiger partial charge in [-0.1, -0.05) is 0 Å². The molecule has 0 bridgehead atoms. The Morgan fingerprint density at radius 1 is 1.21 bits per heavy atom. The fourth-order valence-corrected chi connectivity index (χ4v) is 3.45. The van der Waals surface area contributed by atoms with Crippen LogP contribution in [0.5, 0.6) is 0 Å². The molecule has 4 heterocycles. The number of pyridine rings is 2. The fourth-order valence-electron chi connectivity index (χ4n) is 3.45. The van der Waals surface area contributed by atoms with Crippen molar-refractivity contribution in [2.24, 2.45) is 0 Å². The highest BCUT2D eigenvalue weighted by Crippen LogP contribution is 2.26. The van der Waals surface area contributed by atoms with Crippen molar-refractivity contribution in [1.82, 2.24) is 29.8 Å². The monoisotopic (exact) mass is 393 g/mol. The van der Waals surface area contributed by atoms with Crippen LogP contribution in [0.4, 0.5) is 10.5 Å². The van der Waals surface area contributed by atoms with E-state index in [0.717, 1.165) is 12.2 Å². The zero-order valence-corrected chi connectivity index (χ0v) is 16.4. The highest BCUT2D eigenvalue weighted by molar-refractivity contribution is 6.04. The minimum atomic E-state index is -0.232. The lowest BCUT2D eigenvalue weighted by atomic mass is 10.1. The maximum Gasteiger partial charge on any atom is 0.317 e. The number of carbonyl (C=O) groups is 2. The van der Waals surface area contributed by atoms with Crippen LogP contribution in [0.3, 0.4) is 0 Å². The Balaban J connectivity index is 1.53. The van der Waals surface area contributed by atoms with Crippen LogP contribution in [-0.4, -0.2) is 55.6 Å². The molecule has 0 spiro atoms. The number of fused-ring (bicyclic) bond motifs is 1. The smallest absolute Gasteiger partial charge is 0.317 e. The molecule has 1 saturated heterocycles. The molecule has 150 valence electrons. The molecule has 2 N–H and O–H groups in total. The summed E-state index contributed by atoms with van der Waals surface area (Å²) in [4.78, 5) is 30.7. The topological polar surface area (TPSA) is 105 Å². The zero-order chi connectivity index (χ0) is 20.4. The highest BCUT2D eigenvalue weighted by Gasteiger charge is 2.30. The van der Waals surface area contributed by atoms with Crippen LogP contribution in [0.15, 0.2) is 42.9 Å². The van der Waals surface area contributed by atoms with Gasteiger partial charge in [-0.25, -0.2) is 4.79 Å². The molecule has 3 amide bonds. The van der Waals surface area contributed by atoms with E-state index in [1.165, 1.54) is 0 Å². The molecule has 29 heavy (non-hydrogen) atoms. The Kier molecular flexibility index (Phi) is 5.11. The average molecular weight is 393 g/mol. The molecule has 3 aromatic heterocycles. The number of aromatic nitrogens is 4. The number of nitrogens with one attached hydrogen (secondary N) is 2. The Hall–Kier alpha value is -3.49. The third-order valence-corrected chi connectivity index (χ3v) is 4.86. The third kappa shape index (κ3) is 4.03. The van der Waals surface area contributed by atoms with Gasteiger partial charge in [-0.15, -0.1) is 10.2 Å². The fraction of sp³-hybridized carbons (Fsp3) is 0.350. The van der Waals surface area contributed by atoms with E-state index in [2.05, 4.69) is 25.8 Å². The van der Waals surface area contributed by atoms with Gasteiger partial charge < -0.3 is 15.5 Å². The molecule has 0 aromatic carbocycles. The summed E-state index contributed by atoms with van der Waals surface area (Å²) < 4.78 is 1.84. The first-order chi connectivity index (χ1) is 14.0. The van der Waals surface area contributed by atoms with E-state index in [-0.39, 0.29) is 23.9 Å². The molecule has 1 atom stereocenters. The van der Waals surface area contributed by atoms with Gasteiger partial charge in [0.25, 0.3) is 5.91 Å². The molecule has 1 aliphatic heterocycles. The van der Waals surface area contributed by atoms with Crippen molar-refractivity contribution in [3.05, 3.63) is 54.2 Å². The molecule has 0 unspecified atom stereocenters. The molecule has 0 saturated carbocycles. The number of carbonyl (C=O) groups excluding carboxylic acids is 2. The zero-order valence-electron chi connectivity index (χ0n) is 16.4. The standard InChI is InChI=1S/C20H23N7O2/c1-13(2)22-20(29)26-9-7-14(11-26)18-25-24-17-6-5-15(12-27(17)18)19(28)23-16-4-3-8-21-10-16/h3-6,8,10,12-14H,7,9,11H2,1-2H3,(H,22,29)(H,23,28)/t14-/m0/s1. The van der Waals surface area contributed by atoms with Crippen LogP contribution >= 0.6 is 0 Å². The van der Waals surface area contributed by atoms with Gasteiger partial charge in [-0.05, 0) is 44.5 Å². The first-order valence-electron chi connectivity index (χ1n) is 9.63. The predicted octanol–water partition coefficient (Wildman–Crippen LogP) is 2.28. The summed E-state index contributed by atoms with van der Waals surface area (Å²) in [5, 5.41) is 14.3. The van der Waals surface area contributed by atoms with Crippen molar-refractivity contribution < 1.29 is 9.59 Å². The number of anilines is 1. The minimum Gasteiger partial charge on any atom is -0.336 e. The lowest BCUT2D eigenvalue weighted by Crippen LogP contribution is -2.41. The second-order valence-corrected chi connectivity index (χ2v) is 7.44. The number of urea groups is 1. The van der Waals surface area contributed by atoms with Gasteiger partial charge in [0.2, 0.25) is 0 Å². The lowest BCUT2D eigenvalue weighted by Gasteiger charge is -2.18. The molecule has 0 aliphatic carbocycles. The van der Waals surface area contributed by atoms with Crippen LogP contribution in [0.1, 0.15) is 42.4 Å². The molecule has 3 aromatic rings. The summed E-state index contributed by atoms with van der Waals surface area (Å²) >= 11 is 0. The average Bonchev–Trinajstić information content (AvgIpc) is 3.34. The van der Waals surface area contributed by atoms with Crippen molar-refractivity contribution in [2.75, 3.05) is 18.4 Å². The van der Waals surface area contributed by atoms with Crippen molar-refractivity contribution >= 4 is 23.3 Å². The van der Waals surface area contributed by atoms with E-state index in [1.54, 1.807) is 47.8 Å². The van der Waals surface area contributed by atoms with Crippen LogP contribution in [0.2, 0.25) is 0 Å². The molecular weight excluding hydrogens is 370 g/mol. The number of hydrogen-bond donors (Lipinski definition) is 2. The van der Waals surface area contributed by atoms with E-state index < -0.39 is 0 Å². The summed E-state index contributed by atoms with van der Waals surface area (Å²) in [5.74, 6) is 0.597. The Morgan fingerprint density at radius 2 is 2.07 bits per heavy atom. The molecule has 1 aliphatic rings. The third-order valence-electron chi connectivity index (χ3n) is 4.86. The maximum absolute atomic E-state index is 12.6. The van der Waals surface area contributed by atoms with Gasteiger partial charge >= 0.3 is 6.03 Å². The maximum atomic E-state index is 12.6. The summed E-state index contributed by atoms with van der Waals surface area (Å²) in [5.41, 5.74) is 1.79. The van der Waals surface area contributed by atoms with Crippen molar-refractivity contribution in [3.63, 3.8) is 0 Å². The minimum absolute atomic E-state index is 0.0622. The van der Waals surface area contributed by atoms with Crippen molar-refractivity contribution in [1.29, 1.82) is 0 Å². The van der Waals surface area contributed by atoms with Gasteiger partial charge in [0, 0.05) is 37.4 Å². The Labute approximate surface area is 168 Å². The molecule has 0 radical (unpaired) electrons. The van der Waals surface area contributed by atoms with Gasteiger partial charge in [0.15, 0.2) is 5.65 Å². The second kappa shape index (κ2) is 7.86. The summed E-state index contributed by atoms with van der Waals surface area (Å²) in [6.45, 7) is 5.12. The van der Waals surface area contributed by atoms with Gasteiger partial charge in [0.1, 0.15) is 5.82 Å². The van der Waals surface area contributed by atoms with Crippen LogP contribution < -0.4 is 10.6 Å². The summed E-state index contributed by atoms with van der Waals surface area (Å²) in [6, 6.07) is 7.06. The largest absolute Gasteiger partial charge is 0.336 e. The van der Waals surface area contributed by atoms with E-state index >= 15 is 0 Å². The van der Waals surface area contributed by atoms with Gasteiger partial charge in [-0.2, -0.15) is 0 Å². The summed E-state index contributed by atoms with van der Waals surface area (Å²) in [6.07, 6.45) is 5.79. The molecule has 4 rings (SSSR count). The van der Waals surface area contributed by atoms with Gasteiger partial charge in [0.05, 0.1) is 17.4 Å². The first kappa shape index (κ1) is 18.9. The van der Waals surface area contributed by atoms with Crippen molar-refractivity contribution in [3.8, 4) is 0 Å². The van der Waals surface area contributed by atoms with Crippen molar-refractivity contribution in [2.45, 2.75) is 32.2 Å². The molecule has 9 heteroatoms. The number of nitrogens with zero attached hydrogens (tertiary/aromatic N) is 5. The quantitative estimate of drug-likeness (QED) is 0.708. The van der Waals surface area contributed by atoms with E-state index in [9.17, 15) is 9.59 Å². The Bertz CT molecular complexity index is 1030. The second-order valence-electron chi connectivity index (χ2n) is 7.44. The molecular formula is C20H23N7O2. The lowest BCUT2D eigenvalue weighted by molar-refractivity contribution is 0.102. The van der Waals surface area contributed by atoms with E-state index in [4.69, 9.17) is 0 Å². The SMILES string of the molecule is CC(C)NC(=O)N1CC[C@H](c2nnc3ccc(C(=O)Nc4cccnc4)cn23)C1. The number of amides is 3. The normalized spacial score (nSPS) is 16.4. The van der Waals surface area contributed by atoms with Crippen LogP contribution in [0.25, 0.3) is 5.65 Å². The van der Waals surface area contributed by atoms with Gasteiger partial charge in [-0.3, -0.25) is 14.2 Å². The number of rotatable bonds is 4. The predicted molar refractivity (Wildman–Crippen MR) is 108 cm³/mol. The molecule has 9 nitrogen and oxygen atoms in total. The van der Waals surface area contributed by atoms with E-state index in [0.29, 0.717) is 30.0 Å². The van der Waals surface area contributed by atoms with E-state index in [1.807, 2.05) is 18.2 Å². The number of hydrogen-bond acceptors (Lipinski definition) is 5. The molecule has 1 fully saturated rings.